The van der Waals surface area contributed by atoms with Crippen molar-refractivity contribution >= 4 is 30.6 Å². The molecular weight excluding hydrogens is 530 g/mol. The zero-order valence-electron chi connectivity index (χ0n) is 23.5. The topological polar surface area (TPSA) is 70.6 Å². The first-order chi connectivity index (χ1) is 20.0. The molecule has 6 nitrogen and oxygen atoms in total. The number of fused-ring (bicyclic) bond motifs is 1. The van der Waals surface area contributed by atoms with Gasteiger partial charge in [0.15, 0.2) is 0 Å². The highest BCUT2D eigenvalue weighted by molar-refractivity contribution is 7.55. The molecule has 2 aromatic carbocycles. The van der Waals surface area contributed by atoms with Crippen LogP contribution in [0.3, 0.4) is 0 Å². The van der Waals surface area contributed by atoms with Crippen molar-refractivity contribution in [1.29, 1.82) is 0 Å². The van der Waals surface area contributed by atoms with Gasteiger partial charge in [-0.15, -0.1) is 0 Å². The average molecular weight is 567 g/mol. The molecule has 1 unspecified atom stereocenters. The molecule has 0 spiro atoms. The van der Waals surface area contributed by atoms with Gasteiger partial charge in [-0.2, -0.15) is 0 Å². The second-order valence-corrected chi connectivity index (χ2v) is 12.3. The Hall–Kier alpha value is -3.67. The van der Waals surface area contributed by atoms with Gasteiger partial charge in [0.25, 0.3) is 0 Å². The monoisotopic (exact) mass is 566 g/mol. The first kappa shape index (κ1) is 27.5. The minimum atomic E-state index is -0.191. The third-order valence-electron chi connectivity index (χ3n) is 7.95. The molecule has 0 bridgehead atoms. The van der Waals surface area contributed by atoms with Gasteiger partial charge in [0.05, 0.1) is 5.70 Å². The van der Waals surface area contributed by atoms with Crippen LogP contribution in [-0.2, 0) is 12.8 Å². The van der Waals surface area contributed by atoms with Crippen LogP contribution in [0.2, 0.25) is 0 Å². The van der Waals surface area contributed by atoms with Gasteiger partial charge in [0, 0.05) is 43.5 Å². The Morgan fingerprint density at radius 2 is 1.68 bits per heavy atom. The van der Waals surface area contributed by atoms with Crippen LogP contribution in [0.4, 0.5) is 4.39 Å². The Morgan fingerprint density at radius 3 is 2.46 bits per heavy atom. The van der Waals surface area contributed by atoms with Gasteiger partial charge in [-0.05, 0) is 97.1 Å². The summed E-state index contributed by atoms with van der Waals surface area (Å²) in [5, 5.41) is 2.17. The van der Waals surface area contributed by atoms with Crippen molar-refractivity contribution in [1.82, 2.24) is 19.8 Å². The molecule has 0 aliphatic carbocycles. The van der Waals surface area contributed by atoms with Crippen LogP contribution >= 0.6 is 8.58 Å². The maximum atomic E-state index is 14.5. The molecule has 2 N–H and O–H groups in total. The average Bonchev–Trinajstić information content (AvgIpc) is 3.50. The minimum Gasteiger partial charge on any atom is -0.382 e. The third kappa shape index (κ3) is 6.64. The lowest BCUT2D eigenvalue weighted by Crippen LogP contribution is -2.34. The van der Waals surface area contributed by atoms with E-state index in [9.17, 15) is 4.39 Å². The van der Waals surface area contributed by atoms with Crippen molar-refractivity contribution < 1.29 is 4.39 Å². The van der Waals surface area contributed by atoms with E-state index < -0.39 is 0 Å². The number of rotatable bonds is 9. The van der Waals surface area contributed by atoms with Crippen molar-refractivity contribution in [2.75, 3.05) is 19.6 Å². The van der Waals surface area contributed by atoms with Crippen molar-refractivity contribution in [2.45, 2.75) is 45.4 Å². The van der Waals surface area contributed by atoms with Crippen molar-refractivity contribution in [3.05, 3.63) is 113 Å². The van der Waals surface area contributed by atoms with E-state index in [1.54, 1.807) is 18.3 Å². The molecule has 3 aliphatic rings. The number of nitrogens with two attached hydrogens (primary N) is 1. The fourth-order valence-corrected chi connectivity index (χ4v) is 6.91. The standard InChI is InChI=1S/C33H36FN6P/c1-23-37-21-25(22-38-23)5-4-24-18-27(34)20-30(19-24)41-29-9-6-26(7-10-29)31-11-8-28(12-16-39-14-2-3-15-39)40-17-13-36-33(35)32(31)40/h6-10,13,17-22,41H,2-5,11-12,14-16H2,1H3,(H2,35,36). The highest BCUT2D eigenvalue weighted by Gasteiger charge is 2.27. The van der Waals surface area contributed by atoms with Crippen molar-refractivity contribution in [3.8, 4) is 0 Å². The van der Waals surface area contributed by atoms with Gasteiger partial charge in [-0.25, -0.2) is 19.4 Å². The van der Waals surface area contributed by atoms with E-state index in [1.165, 1.54) is 42.5 Å². The lowest BCUT2D eigenvalue weighted by Gasteiger charge is -2.34. The SMILES string of the molecule is Cc1ncc(CCc2cc(F)cc(Pc3ccc(C4=C5C(N)=NC=CN5C(CCN5CCCC5)=CC4)cc3)c2)cn1. The van der Waals surface area contributed by atoms with Gasteiger partial charge < -0.3 is 15.5 Å². The van der Waals surface area contributed by atoms with Crippen LogP contribution in [0, 0.1) is 12.7 Å². The molecule has 3 aliphatic heterocycles. The van der Waals surface area contributed by atoms with Crippen LogP contribution in [0.5, 0.6) is 0 Å². The first-order valence-corrected chi connectivity index (χ1v) is 15.4. The van der Waals surface area contributed by atoms with Gasteiger partial charge in [0.2, 0.25) is 0 Å². The molecule has 41 heavy (non-hydrogen) atoms. The number of aromatic nitrogens is 2. The minimum absolute atomic E-state index is 0.191. The van der Waals surface area contributed by atoms with Gasteiger partial charge in [-0.3, -0.25) is 0 Å². The van der Waals surface area contributed by atoms with Crippen LogP contribution in [-0.4, -0.2) is 45.2 Å². The fourth-order valence-electron chi connectivity index (χ4n) is 5.78. The zero-order valence-corrected chi connectivity index (χ0v) is 24.5. The second-order valence-electron chi connectivity index (χ2n) is 10.9. The largest absolute Gasteiger partial charge is 0.382 e. The molecule has 1 fully saturated rings. The van der Waals surface area contributed by atoms with E-state index in [4.69, 9.17) is 5.73 Å². The number of benzene rings is 2. The summed E-state index contributed by atoms with van der Waals surface area (Å²) in [7, 11) is 0.370. The molecule has 6 rings (SSSR count). The maximum Gasteiger partial charge on any atom is 0.148 e. The number of amidine groups is 1. The van der Waals surface area contributed by atoms with Crippen LogP contribution in [0.25, 0.3) is 5.57 Å². The van der Waals surface area contributed by atoms with Crippen LogP contribution in [0.1, 0.15) is 48.2 Å². The number of aliphatic imine (C=N–C) groups is 1. The summed E-state index contributed by atoms with van der Waals surface area (Å²) in [6.45, 7) is 5.35. The lowest BCUT2D eigenvalue weighted by molar-refractivity contribution is 0.333. The Balaban J connectivity index is 1.15. The Bertz CT molecular complexity index is 1520. The number of likely N-dealkylation sites (tertiary alicyclic amines) is 1. The second kappa shape index (κ2) is 12.5. The van der Waals surface area contributed by atoms with E-state index >= 15 is 0 Å². The molecule has 0 amide bonds. The summed E-state index contributed by atoms with van der Waals surface area (Å²) in [6.07, 6.45) is 15.8. The number of aryl methyl sites for hydroxylation is 3. The molecule has 3 aromatic rings. The molecule has 1 aromatic heterocycles. The van der Waals surface area contributed by atoms with Crippen molar-refractivity contribution in [3.63, 3.8) is 0 Å². The highest BCUT2D eigenvalue weighted by atomic mass is 31.1. The number of allylic oxidation sites excluding steroid dienone is 2. The highest BCUT2D eigenvalue weighted by Crippen LogP contribution is 2.35. The molecule has 1 atom stereocenters. The molecule has 1 saturated heterocycles. The Labute approximate surface area is 243 Å². The first-order valence-electron chi connectivity index (χ1n) is 14.4. The summed E-state index contributed by atoms with van der Waals surface area (Å²) >= 11 is 0. The molecule has 210 valence electrons. The van der Waals surface area contributed by atoms with Crippen molar-refractivity contribution in [2.24, 2.45) is 10.7 Å². The zero-order chi connectivity index (χ0) is 28.2. The van der Waals surface area contributed by atoms with Gasteiger partial charge >= 0.3 is 0 Å². The van der Waals surface area contributed by atoms with Gasteiger partial charge in [-0.1, -0.05) is 45.0 Å². The summed E-state index contributed by atoms with van der Waals surface area (Å²) in [6, 6.07) is 14.0. The fraction of sp³-hybridized carbons (Fsp3) is 0.303. The molecule has 0 radical (unpaired) electrons. The Kier molecular flexibility index (Phi) is 8.36. The molecule has 8 heteroatoms. The summed E-state index contributed by atoms with van der Waals surface area (Å²) in [5.74, 6) is 1.13. The number of nitrogens with zero attached hydrogens (tertiary/aromatic N) is 5. The van der Waals surface area contributed by atoms with E-state index in [0.717, 1.165) is 65.7 Å². The van der Waals surface area contributed by atoms with E-state index in [1.807, 2.05) is 25.5 Å². The molecule has 0 saturated carbocycles. The van der Waals surface area contributed by atoms with E-state index in [-0.39, 0.29) is 5.82 Å². The van der Waals surface area contributed by atoms with Gasteiger partial charge in [0.1, 0.15) is 17.5 Å². The quantitative estimate of drug-likeness (QED) is 0.371. The van der Waals surface area contributed by atoms with E-state index in [2.05, 4.69) is 61.2 Å². The summed E-state index contributed by atoms with van der Waals surface area (Å²) in [4.78, 5) is 17.7. The number of hydrogen-bond acceptors (Lipinski definition) is 6. The predicted octanol–water partition coefficient (Wildman–Crippen LogP) is 4.97. The number of hydrogen-bond donors (Lipinski definition) is 1. The lowest BCUT2D eigenvalue weighted by atomic mass is 9.94. The normalized spacial score (nSPS) is 17.4. The smallest absolute Gasteiger partial charge is 0.148 e. The number of halogens is 1. The molecular formula is C33H36FN6P. The maximum absolute atomic E-state index is 14.5. The van der Waals surface area contributed by atoms with E-state index in [0.29, 0.717) is 14.4 Å². The molecule has 4 heterocycles. The van der Waals surface area contributed by atoms with Crippen LogP contribution < -0.4 is 16.3 Å². The Morgan fingerprint density at radius 1 is 0.927 bits per heavy atom. The predicted molar refractivity (Wildman–Crippen MR) is 167 cm³/mol. The summed E-state index contributed by atoms with van der Waals surface area (Å²) in [5.41, 5.74) is 13.1. The van der Waals surface area contributed by atoms with Crippen LogP contribution in [0.15, 0.2) is 89.7 Å². The summed E-state index contributed by atoms with van der Waals surface area (Å²) < 4.78 is 14.5. The third-order valence-corrected chi connectivity index (χ3v) is 9.15.